The Bertz CT molecular complexity index is 3880. The molecule has 7 aliphatic rings. The largest absolute Gasteiger partial charge is 0.444 e. The Labute approximate surface area is 540 Å². The van der Waals surface area contributed by atoms with Crippen molar-refractivity contribution in [2.75, 3.05) is 53.2 Å². The van der Waals surface area contributed by atoms with Crippen LogP contribution in [0, 0.1) is 5.82 Å². The first-order valence-corrected chi connectivity index (χ1v) is 32.2. The van der Waals surface area contributed by atoms with Crippen molar-refractivity contribution >= 4 is 58.8 Å². The number of nitrogens with one attached hydrogen (secondary N) is 5. The summed E-state index contributed by atoms with van der Waals surface area (Å²) in [7, 11) is 0. The van der Waals surface area contributed by atoms with Crippen molar-refractivity contribution in [3.8, 4) is 0 Å². The lowest BCUT2D eigenvalue weighted by molar-refractivity contribution is 0.0184. The van der Waals surface area contributed by atoms with Crippen molar-refractivity contribution in [1.82, 2.24) is 59.1 Å². The number of aromatic nitrogens is 8. The number of benzene rings is 4. The molecule has 8 heterocycles. The van der Waals surface area contributed by atoms with E-state index in [0.717, 1.165) is 79.9 Å². The van der Waals surface area contributed by atoms with Crippen molar-refractivity contribution in [3.63, 3.8) is 0 Å². The van der Waals surface area contributed by atoms with E-state index in [0.29, 0.717) is 70.4 Å². The molecule has 4 amide bonds. The van der Waals surface area contributed by atoms with Gasteiger partial charge in [-0.1, -0.05) is 103 Å². The van der Waals surface area contributed by atoms with Gasteiger partial charge in [0.25, 0.3) is 0 Å². The molecule has 3 saturated carbocycles. The summed E-state index contributed by atoms with van der Waals surface area (Å²) in [6.07, 6.45) is 6.22. The number of urea groups is 1. The molecule has 0 bridgehead atoms. The molecule has 0 saturated heterocycles. The number of nitrogen functional groups attached to an aromatic ring is 1. The highest BCUT2D eigenvalue weighted by molar-refractivity contribution is 6.31. The number of halogens is 2. The summed E-state index contributed by atoms with van der Waals surface area (Å²) in [5, 5.41) is 35.2. The van der Waals surface area contributed by atoms with Crippen LogP contribution in [0.2, 0.25) is 5.02 Å². The van der Waals surface area contributed by atoms with Gasteiger partial charge in [0.1, 0.15) is 40.3 Å². The molecule has 8 aromatic rings. The Morgan fingerprint density at radius 2 is 0.902 bits per heavy atom. The Morgan fingerprint density at radius 3 is 1.32 bits per heavy atom. The predicted molar refractivity (Wildman–Crippen MR) is 352 cm³/mol. The first-order chi connectivity index (χ1) is 44.1. The fraction of sp³-hybridized carbons (Fsp3) is 0.426. The van der Waals surface area contributed by atoms with Crippen LogP contribution in [0.3, 0.4) is 0 Å². The van der Waals surface area contributed by atoms with Crippen LogP contribution in [0.1, 0.15) is 120 Å². The lowest BCUT2D eigenvalue weighted by atomic mass is 10.1. The number of nitrogens with two attached hydrogens (primary N) is 1. The fourth-order valence-electron chi connectivity index (χ4n) is 12.0. The van der Waals surface area contributed by atoms with Crippen molar-refractivity contribution < 1.29 is 28.2 Å². The van der Waals surface area contributed by atoms with Crippen LogP contribution < -0.4 is 32.3 Å². The number of carbonyl (C=O) groups is 3. The van der Waals surface area contributed by atoms with Crippen molar-refractivity contribution in [2.45, 2.75) is 160 Å². The minimum absolute atomic E-state index is 0.0105. The third kappa shape index (κ3) is 15.3. The fourth-order valence-corrected chi connectivity index (χ4v) is 12.1. The highest BCUT2D eigenvalue weighted by atomic mass is 35.5. The van der Waals surface area contributed by atoms with Gasteiger partial charge in [0.05, 0.1) is 90.2 Å². The zero-order chi connectivity index (χ0) is 64.4. The number of rotatable bonds is 10. The van der Waals surface area contributed by atoms with Crippen LogP contribution >= 0.6 is 11.6 Å². The number of fused-ring (bicyclic) bond motifs is 4. The Balaban J connectivity index is 0.000000121. The van der Waals surface area contributed by atoms with Gasteiger partial charge < -0.3 is 56.5 Å². The molecule has 4 aromatic carbocycles. The van der Waals surface area contributed by atoms with Crippen LogP contribution in [-0.4, -0.2) is 109 Å². The molecule has 4 aliphatic heterocycles. The quantitative estimate of drug-likeness (QED) is 0.0747. The van der Waals surface area contributed by atoms with Crippen LogP contribution in [0.4, 0.5) is 47.7 Å². The molecule has 3 aliphatic carbocycles. The summed E-state index contributed by atoms with van der Waals surface area (Å²) in [6.45, 7) is 19.3. The zero-order valence-electron chi connectivity index (χ0n) is 53.2. The van der Waals surface area contributed by atoms with Gasteiger partial charge in [-0.05, 0) is 115 Å². The molecule has 92 heavy (non-hydrogen) atoms. The van der Waals surface area contributed by atoms with E-state index in [-0.39, 0.29) is 39.9 Å². The van der Waals surface area contributed by atoms with E-state index in [1.54, 1.807) is 20.8 Å². The number of carbonyl (C=O) groups excluding carboxylic acids is 3. The summed E-state index contributed by atoms with van der Waals surface area (Å²) < 4.78 is 32.0. The molecule has 15 rings (SSSR count). The van der Waals surface area contributed by atoms with Gasteiger partial charge in [0.2, 0.25) is 0 Å². The molecule has 7 N–H and O–H groups in total. The van der Waals surface area contributed by atoms with Gasteiger partial charge in [0, 0.05) is 62.7 Å². The van der Waals surface area contributed by atoms with Gasteiger partial charge in [0.15, 0.2) is 0 Å². The van der Waals surface area contributed by atoms with E-state index in [9.17, 15) is 18.8 Å². The van der Waals surface area contributed by atoms with Gasteiger partial charge in [-0.15, -0.1) is 0 Å². The molecule has 22 nitrogen and oxygen atoms in total. The average molecular weight is 1270 g/mol. The second-order valence-electron chi connectivity index (χ2n) is 26.7. The Hall–Kier alpha value is -9.09. The molecule has 3 fully saturated rings. The van der Waals surface area contributed by atoms with E-state index in [1.165, 1.54) is 53.4 Å². The summed E-state index contributed by atoms with van der Waals surface area (Å²) in [5.74, 6) is 2.71. The smallest absolute Gasteiger partial charge is 0.410 e. The number of hydrogen-bond acceptors (Lipinski definition) is 14. The van der Waals surface area contributed by atoms with Gasteiger partial charge in [-0.2, -0.15) is 20.4 Å². The van der Waals surface area contributed by atoms with Crippen molar-refractivity contribution in [1.29, 1.82) is 0 Å². The van der Waals surface area contributed by atoms with Crippen LogP contribution in [0.15, 0.2) is 133 Å². The van der Waals surface area contributed by atoms with Crippen molar-refractivity contribution in [2.24, 2.45) is 0 Å². The van der Waals surface area contributed by atoms with Gasteiger partial charge >= 0.3 is 18.2 Å². The normalized spacial score (nSPS) is 17.5. The number of hydrogen-bond donors (Lipinski definition) is 6. The maximum Gasteiger partial charge on any atom is 0.410 e. The maximum atomic E-state index is 13.3. The lowest BCUT2D eigenvalue weighted by Crippen LogP contribution is -2.41. The molecule has 0 radical (unpaired) electrons. The number of amides is 4. The molecule has 484 valence electrons. The van der Waals surface area contributed by atoms with E-state index < -0.39 is 17.0 Å². The summed E-state index contributed by atoms with van der Waals surface area (Å²) in [5.41, 5.74) is 13.4. The lowest BCUT2D eigenvalue weighted by Gasteiger charge is -2.30. The third-order valence-corrected chi connectivity index (χ3v) is 17.5. The standard InChI is InChI=1S/C22H21ClFN5O.C20H26N4O2.C15H18N4.C11H18N4O2/c23-18-12-16(6-7-19(18)24)25-21(30)28-10-11-29-17(14-28)13-20(27-29)26-22(8-9-22)15-4-2-1-3-5-15;1-19(2,3)26-18(25)23-11-12-24-16(14-23)13-17(22-24)21-20(9-10-20)15-7-5-4-6-8-15;1-2-4-12(5-3-1)15(6-7-15)17-14-10-13-11-16-8-9-19(13)18-14;1-11(2,3)17-10(16)14-4-5-15-8(7-14)6-9(12)13-15/h1-7,12-13H,8-11,14H2,(H,25,30)(H,26,27);4-8,13H,9-12,14H2,1-3H3,(H,21,22);1-5,10,16H,6-9,11H2,(H,17,18);6H,4-5,7H2,1-3H3,(H2,12,13). The number of ether oxygens (including phenoxy) is 2. The molecule has 0 atom stereocenters. The Kier molecular flexibility index (Phi) is 17.8. The zero-order valence-corrected chi connectivity index (χ0v) is 54.0. The summed E-state index contributed by atoms with van der Waals surface area (Å²) in [6, 6.07) is 43.6. The van der Waals surface area contributed by atoms with Crippen molar-refractivity contribution in [3.05, 3.63) is 184 Å². The van der Waals surface area contributed by atoms with E-state index >= 15 is 0 Å². The van der Waals surface area contributed by atoms with Crippen LogP contribution in [0.25, 0.3) is 0 Å². The SMILES string of the molecule is CC(C)(C)OC(=O)N1CCn2nc(N)cc2C1.CC(C)(C)OC(=O)N1CCn2nc(NC3(c4ccccc4)CC3)cc2C1.O=C(Nc1ccc(F)c(Cl)c1)N1CCn2nc(NC3(c4ccccc4)CC3)cc2C1.c1ccc(C2(Nc3cc4n(n3)CCNC4)CC2)cc1. The Morgan fingerprint density at radius 1 is 0.511 bits per heavy atom. The predicted octanol–water partition coefficient (Wildman–Crippen LogP) is 11.9. The van der Waals surface area contributed by atoms with Crippen LogP contribution in [0.5, 0.6) is 0 Å². The highest BCUT2D eigenvalue weighted by Crippen LogP contribution is 2.50. The molecular weight excluding hydrogens is 1190 g/mol. The molecular formula is C68H83ClFN17O5. The molecule has 0 spiro atoms. The molecule has 24 heteroatoms. The van der Waals surface area contributed by atoms with E-state index in [4.69, 9.17) is 31.9 Å². The third-order valence-electron chi connectivity index (χ3n) is 17.2. The topological polar surface area (TPSA) is 237 Å². The van der Waals surface area contributed by atoms with E-state index in [2.05, 4.69) is 138 Å². The van der Waals surface area contributed by atoms with E-state index in [1.807, 2.05) is 73.8 Å². The minimum Gasteiger partial charge on any atom is -0.444 e. The van der Waals surface area contributed by atoms with Crippen LogP contribution in [-0.2, 0) is 78.4 Å². The molecule has 0 unspecified atom stereocenters. The van der Waals surface area contributed by atoms with Gasteiger partial charge in [-0.3, -0.25) is 18.7 Å². The number of nitrogens with zero attached hydrogens (tertiary/aromatic N) is 11. The maximum absolute atomic E-state index is 13.3. The number of anilines is 5. The average Bonchev–Trinajstić information content (AvgIpc) is 1.63. The second-order valence-corrected chi connectivity index (χ2v) is 27.1. The van der Waals surface area contributed by atoms with Gasteiger partial charge in [-0.25, -0.2) is 18.8 Å². The molecule has 4 aromatic heterocycles. The minimum atomic E-state index is -0.513. The summed E-state index contributed by atoms with van der Waals surface area (Å²) >= 11 is 5.80. The summed E-state index contributed by atoms with van der Waals surface area (Å²) in [4.78, 5) is 41.9. The first kappa shape index (κ1) is 63.1. The monoisotopic (exact) mass is 1270 g/mol. The first-order valence-electron chi connectivity index (χ1n) is 31.8. The highest BCUT2D eigenvalue weighted by Gasteiger charge is 2.47. The second kappa shape index (κ2) is 25.9.